The number of allylic oxidation sites excluding steroid dienone is 1. The van der Waals surface area contributed by atoms with Crippen LogP contribution in [0.1, 0.15) is 45.5 Å². The van der Waals surface area contributed by atoms with Crippen LogP contribution in [-0.4, -0.2) is 19.7 Å². The van der Waals surface area contributed by atoms with Gasteiger partial charge in [0.2, 0.25) is 0 Å². The maximum Gasteiger partial charge on any atom is 0.337 e. The highest BCUT2D eigenvalue weighted by Gasteiger charge is 2.09. The molecule has 166 valence electrons. The number of carbonyl (C=O) groups excluding carboxylic acids is 1. The Balaban J connectivity index is 1.72. The van der Waals surface area contributed by atoms with Crippen molar-refractivity contribution in [3.63, 3.8) is 0 Å². The number of methoxy groups -OCH3 is 1. The number of benzene rings is 3. The lowest BCUT2D eigenvalue weighted by molar-refractivity contribution is 0.0600. The Morgan fingerprint density at radius 3 is 2.19 bits per heavy atom. The van der Waals surface area contributed by atoms with Gasteiger partial charge < -0.3 is 9.47 Å². The Labute approximate surface area is 187 Å². The van der Waals surface area contributed by atoms with Crippen molar-refractivity contribution in [3.8, 4) is 5.75 Å². The van der Waals surface area contributed by atoms with Crippen LogP contribution in [0.2, 0.25) is 0 Å². The van der Waals surface area contributed by atoms with Gasteiger partial charge in [0.05, 0.1) is 19.3 Å². The van der Waals surface area contributed by atoms with Crippen LogP contribution in [0.4, 0.5) is 8.78 Å². The molecule has 3 aromatic rings. The third-order valence-electron chi connectivity index (χ3n) is 5.24. The second kappa shape index (κ2) is 10.7. The Kier molecular flexibility index (Phi) is 7.77. The topological polar surface area (TPSA) is 35.5 Å². The third-order valence-corrected chi connectivity index (χ3v) is 5.24. The SMILES string of the molecule is COC(=O)c1ccc(OCCC/C(=C/c2ccc(C)c(C)c2)c2cc(F)cc(F)c2)cc1. The number of carbonyl (C=O) groups is 1. The van der Waals surface area contributed by atoms with Gasteiger partial charge >= 0.3 is 5.97 Å². The van der Waals surface area contributed by atoms with E-state index in [2.05, 4.69) is 10.8 Å². The van der Waals surface area contributed by atoms with Gasteiger partial charge in [-0.3, -0.25) is 0 Å². The summed E-state index contributed by atoms with van der Waals surface area (Å²) in [4.78, 5) is 11.5. The minimum Gasteiger partial charge on any atom is -0.494 e. The standard InChI is InChI=1S/C27H26F2O3/c1-18-6-7-20(13-19(18)2)14-22(23-15-24(28)17-25(29)16-23)5-4-12-32-26-10-8-21(9-11-26)27(30)31-3/h6-11,13-17H,4-5,12H2,1-3H3/b22-14-. The van der Waals surface area contributed by atoms with Crippen LogP contribution in [0.3, 0.4) is 0 Å². The number of esters is 1. The quantitative estimate of drug-likeness (QED) is 0.222. The van der Waals surface area contributed by atoms with Crippen molar-refractivity contribution in [1.82, 2.24) is 0 Å². The molecule has 3 nitrogen and oxygen atoms in total. The molecule has 0 saturated carbocycles. The highest BCUT2D eigenvalue weighted by atomic mass is 19.1. The lowest BCUT2D eigenvalue weighted by atomic mass is 9.97. The molecule has 5 heteroatoms. The van der Waals surface area contributed by atoms with E-state index in [1.807, 2.05) is 32.1 Å². The molecule has 3 aromatic carbocycles. The summed E-state index contributed by atoms with van der Waals surface area (Å²) in [5, 5.41) is 0. The number of hydrogen-bond acceptors (Lipinski definition) is 3. The van der Waals surface area contributed by atoms with E-state index >= 15 is 0 Å². The van der Waals surface area contributed by atoms with Crippen LogP contribution >= 0.6 is 0 Å². The molecule has 0 spiro atoms. The second-order valence-electron chi connectivity index (χ2n) is 7.64. The van der Waals surface area contributed by atoms with Crippen LogP contribution in [-0.2, 0) is 4.74 Å². The van der Waals surface area contributed by atoms with Crippen molar-refractivity contribution in [1.29, 1.82) is 0 Å². The molecular weight excluding hydrogens is 410 g/mol. The van der Waals surface area contributed by atoms with E-state index in [1.54, 1.807) is 24.3 Å². The van der Waals surface area contributed by atoms with Crippen molar-refractivity contribution in [2.24, 2.45) is 0 Å². The predicted molar refractivity (Wildman–Crippen MR) is 123 cm³/mol. The number of ether oxygens (including phenoxy) is 2. The first-order chi connectivity index (χ1) is 15.4. The Bertz CT molecular complexity index is 1100. The number of rotatable bonds is 8. The summed E-state index contributed by atoms with van der Waals surface area (Å²) in [5.74, 6) is -0.977. The third kappa shape index (κ3) is 6.27. The first kappa shape index (κ1) is 23.2. The summed E-state index contributed by atoms with van der Waals surface area (Å²) < 4.78 is 38.1. The molecule has 0 aliphatic heterocycles. The highest BCUT2D eigenvalue weighted by molar-refractivity contribution is 5.89. The monoisotopic (exact) mass is 436 g/mol. The molecule has 0 aliphatic carbocycles. The molecule has 0 fully saturated rings. The number of halogens is 2. The van der Waals surface area contributed by atoms with Crippen molar-refractivity contribution >= 4 is 17.6 Å². The number of hydrogen-bond donors (Lipinski definition) is 0. The van der Waals surface area contributed by atoms with Crippen molar-refractivity contribution in [2.45, 2.75) is 26.7 Å². The van der Waals surface area contributed by atoms with E-state index in [4.69, 9.17) is 4.74 Å². The van der Waals surface area contributed by atoms with Gasteiger partial charge in [0.1, 0.15) is 17.4 Å². The Hall–Kier alpha value is -3.47. The molecule has 0 saturated heterocycles. The second-order valence-corrected chi connectivity index (χ2v) is 7.64. The van der Waals surface area contributed by atoms with Crippen LogP contribution < -0.4 is 4.74 Å². The minimum atomic E-state index is -0.604. The summed E-state index contributed by atoms with van der Waals surface area (Å²) in [7, 11) is 1.33. The molecule has 0 bridgehead atoms. The van der Waals surface area contributed by atoms with Gasteiger partial charge in [0, 0.05) is 6.07 Å². The lowest BCUT2D eigenvalue weighted by Gasteiger charge is -2.11. The van der Waals surface area contributed by atoms with Crippen molar-refractivity contribution in [2.75, 3.05) is 13.7 Å². The summed E-state index contributed by atoms with van der Waals surface area (Å²) in [5.41, 5.74) is 5.12. The maximum atomic E-state index is 13.8. The fourth-order valence-electron chi connectivity index (χ4n) is 3.35. The lowest BCUT2D eigenvalue weighted by Crippen LogP contribution is -2.02. The molecule has 0 N–H and O–H groups in total. The molecule has 0 radical (unpaired) electrons. The summed E-state index contributed by atoms with van der Waals surface area (Å²) in [6, 6.07) is 16.4. The average Bonchev–Trinajstić information content (AvgIpc) is 2.77. The Morgan fingerprint density at radius 1 is 0.875 bits per heavy atom. The van der Waals surface area contributed by atoms with E-state index in [9.17, 15) is 13.6 Å². The van der Waals surface area contributed by atoms with Crippen molar-refractivity contribution in [3.05, 3.63) is 100 Å². The van der Waals surface area contributed by atoms with E-state index < -0.39 is 17.6 Å². The zero-order valence-corrected chi connectivity index (χ0v) is 18.5. The summed E-state index contributed by atoms with van der Waals surface area (Å²) in [6.45, 7) is 4.49. The number of aryl methyl sites for hydroxylation is 2. The fourth-order valence-corrected chi connectivity index (χ4v) is 3.35. The van der Waals surface area contributed by atoms with Gasteiger partial charge in [-0.15, -0.1) is 0 Å². The van der Waals surface area contributed by atoms with Gasteiger partial charge in [-0.05, 0) is 90.9 Å². The van der Waals surface area contributed by atoms with Gasteiger partial charge in [-0.2, -0.15) is 0 Å². The molecule has 0 atom stereocenters. The Morgan fingerprint density at radius 2 is 1.56 bits per heavy atom. The van der Waals surface area contributed by atoms with Crippen LogP contribution in [0.5, 0.6) is 5.75 Å². The van der Waals surface area contributed by atoms with E-state index in [1.165, 1.54) is 24.8 Å². The van der Waals surface area contributed by atoms with Gasteiger partial charge in [-0.1, -0.05) is 24.3 Å². The summed E-state index contributed by atoms with van der Waals surface area (Å²) in [6.07, 6.45) is 3.19. The first-order valence-electron chi connectivity index (χ1n) is 10.4. The molecular formula is C27H26F2O3. The van der Waals surface area contributed by atoms with Gasteiger partial charge in [0.15, 0.2) is 0 Å². The zero-order valence-electron chi connectivity index (χ0n) is 18.5. The molecule has 0 aromatic heterocycles. The van der Waals surface area contributed by atoms with Gasteiger partial charge in [0.25, 0.3) is 0 Å². The molecule has 32 heavy (non-hydrogen) atoms. The summed E-state index contributed by atoms with van der Waals surface area (Å²) >= 11 is 0. The molecule has 0 unspecified atom stereocenters. The van der Waals surface area contributed by atoms with E-state index in [0.717, 1.165) is 22.8 Å². The van der Waals surface area contributed by atoms with Crippen LogP contribution in [0.15, 0.2) is 60.7 Å². The smallest absolute Gasteiger partial charge is 0.337 e. The molecule has 0 amide bonds. The van der Waals surface area contributed by atoms with Gasteiger partial charge in [-0.25, -0.2) is 13.6 Å². The average molecular weight is 436 g/mol. The minimum absolute atomic E-state index is 0.403. The zero-order chi connectivity index (χ0) is 23.1. The van der Waals surface area contributed by atoms with Crippen LogP contribution in [0, 0.1) is 25.5 Å². The predicted octanol–water partition coefficient (Wildman–Crippen LogP) is 6.77. The largest absolute Gasteiger partial charge is 0.494 e. The first-order valence-corrected chi connectivity index (χ1v) is 10.4. The maximum absolute atomic E-state index is 13.8. The molecule has 0 heterocycles. The highest BCUT2D eigenvalue weighted by Crippen LogP contribution is 2.26. The van der Waals surface area contributed by atoms with E-state index in [0.29, 0.717) is 36.3 Å². The fraction of sp³-hybridized carbons (Fsp3) is 0.222. The van der Waals surface area contributed by atoms with E-state index in [-0.39, 0.29) is 0 Å². The molecule has 3 rings (SSSR count). The normalized spacial score (nSPS) is 11.3. The van der Waals surface area contributed by atoms with Crippen molar-refractivity contribution < 1.29 is 23.0 Å². The molecule has 0 aliphatic rings. The van der Waals surface area contributed by atoms with Crippen LogP contribution in [0.25, 0.3) is 11.6 Å².